The Morgan fingerprint density at radius 1 is 1.15 bits per heavy atom. The van der Waals surface area contributed by atoms with E-state index in [4.69, 9.17) is 0 Å². The molecule has 0 radical (unpaired) electrons. The summed E-state index contributed by atoms with van der Waals surface area (Å²) in [6.07, 6.45) is 3.68. The van der Waals surface area contributed by atoms with Crippen LogP contribution in [0.2, 0.25) is 0 Å². The highest BCUT2D eigenvalue weighted by atomic mass is 32.1. The first kappa shape index (κ1) is 17.2. The molecule has 6 nitrogen and oxygen atoms in total. The number of thiazole rings is 1. The first-order valence-corrected chi connectivity index (χ1v) is 9.43. The molecule has 0 aliphatic carbocycles. The summed E-state index contributed by atoms with van der Waals surface area (Å²) in [4.78, 5) is 18.6. The molecule has 2 heterocycles. The molecule has 0 spiro atoms. The van der Waals surface area contributed by atoms with E-state index < -0.39 is 0 Å². The maximum atomic E-state index is 12.4. The van der Waals surface area contributed by atoms with Crippen molar-refractivity contribution < 1.29 is 4.79 Å². The highest BCUT2D eigenvalue weighted by Crippen LogP contribution is 2.22. The predicted molar refractivity (Wildman–Crippen MR) is 107 cm³/mol. The van der Waals surface area contributed by atoms with Crippen molar-refractivity contribution in [2.75, 3.05) is 7.05 Å². The second-order valence-corrected chi connectivity index (χ2v) is 7.33. The summed E-state index contributed by atoms with van der Waals surface area (Å²) in [5.41, 5.74) is 2.91. The number of rotatable bonds is 5. The molecule has 2 aromatic heterocycles. The molecule has 1 N–H and O–H groups in total. The zero-order valence-corrected chi connectivity index (χ0v) is 15.7. The first-order valence-electron chi connectivity index (χ1n) is 8.61. The summed E-state index contributed by atoms with van der Waals surface area (Å²) in [5, 5.41) is 8.19. The van der Waals surface area contributed by atoms with Crippen LogP contribution in [-0.4, -0.2) is 32.7 Å². The molecule has 2 aromatic carbocycles. The molecule has 7 heteroatoms. The number of benzene rings is 2. The highest BCUT2D eigenvalue weighted by molar-refractivity contribution is 7.18. The van der Waals surface area contributed by atoms with E-state index >= 15 is 0 Å². The number of hydrogen-bond donors (Lipinski definition) is 1. The number of fused-ring (bicyclic) bond motifs is 1. The van der Waals surface area contributed by atoms with Gasteiger partial charge in [0.1, 0.15) is 5.01 Å². The van der Waals surface area contributed by atoms with Gasteiger partial charge in [-0.1, -0.05) is 30.3 Å². The van der Waals surface area contributed by atoms with E-state index in [0.717, 1.165) is 26.5 Å². The topological polar surface area (TPSA) is 63.1 Å². The highest BCUT2D eigenvalue weighted by Gasteiger charge is 2.12. The number of urea groups is 1. The van der Waals surface area contributed by atoms with Crippen molar-refractivity contribution >= 4 is 27.6 Å². The smallest absolute Gasteiger partial charge is 0.317 e. The van der Waals surface area contributed by atoms with Crippen LogP contribution in [-0.2, 0) is 13.1 Å². The van der Waals surface area contributed by atoms with Crippen LogP contribution in [0, 0.1) is 0 Å². The van der Waals surface area contributed by atoms with Crippen LogP contribution >= 0.6 is 11.3 Å². The lowest BCUT2D eigenvalue weighted by Gasteiger charge is -2.16. The summed E-state index contributed by atoms with van der Waals surface area (Å²) >= 11 is 1.61. The van der Waals surface area contributed by atoms with Gasteiger partial charge in [-0.3, -0.25) is 0 Å². The molecule has 0 atom stereocenters. The fourth-order valence-corrected chi connectivity index (χ4v) is 3.77. The largest absolute Gasteiger partial charge is 0.334 e. The summed E-state index contributed by atoms with van der Waals surface area (Å²) in [5.74, 6) is 0. The Morgan fingerprint density at radius 3 is 2.74 bits per heavy atom. The Kier molecular flexibility index (Phi) is 4.84. The molecule has 136 valence electrons. The van der Waals surface area contributed by atoms with E-state index in [2.05, 4.69) is 15.4 Å². The van der Waals surface area contributed by atoms with Gasteiger partial charge in [0, 0.05) is 25.4 Å². The van der Waals surface area contributed by atoms with Gasteiger partial charge in [-0.25, -0.2) is 14.5 Å². The van der Waals surface area contributed by atoms with Crippen molar-refractivity contribution in [2.24, 2.45) is 0 Å². The van der Waals surface area contributed by atoms with Gasteiger partial charge >= 0.3 is 6.03 Å². The zero-order chi connectivity index (χ0) is 18.6. The SMILES string of the molecule is CN(Cc1nc2ccccc2s1)C(=O)NCc1cnn(-c2ccccc2)c1. The van der Waals surface area contributed by atoms with Crippen molar-refractivity contribution in [3.8, 4) is 5.69 Å². The Balaban J connectivity index is 1.34. The molecule has 0 aliphatic heterocycles. The zero-order valence-electron chi connectivity index (χ0n) is 14.9. The minimum Gasteiger partial charge on any atom is -0.334 e. The van der Waals surface area contributed by atoms with Crippen LogP contribution in [0.4, 0.5) is 4.79 Å². The molecule has 2 amide bonds. The molecule has 0 unspecified atom stereocenters. The summed E-state index contributed by atoms with van der Waals surface area (Å²) in [6.45, 7) is 0.907. The first-order chi connectivity index (χ1) is 13.2. The fraction of sp³-hybridized carbons (Fsp3) is 0.150. The average Bonchev–Trinajstić information content (AvgIpc) is 3.33. The van der Waals surface area contributed by atoms with Crippen LogP contribution in [0.25, 0.3) is 15.9 Å². The molecular formula is C20H19N5OS. The maximum absolute atomic E-state index is 12.4. The van der Waals surface area contributed by atoms with Crippen LogP contribution in [0.1, 0.15) is 10.6 Å². The Bertz CT molecular complexity index is 1020. The molecule has 0 fully saturated rings. The normalized spacial score (nSPS) is 10.9. The number of nitrogens with one attached hydrogen (secondary N) is 1. The number of para-hydroxylation sites is 2. The molecular weight excluding hydrogens is 358 g/mol. The van der Waals surface area contributed by atoms with Crippen LogP contribution in [0.5, 0.6) is 0 Å². The van der Waals surface area contributed by atoms with E-state index in [1.165, 1.54) is 0 Å². The number of carbonyl (C=O) groups is 1. The van der Waals surface area contributed by atoms with Crippen molar-refractivity contribution in [3.05, 3.63) is 77.6 Å². The van der Waals surface area contributed by atoms with Crippen molar-refractivity contribution in [2.45, 2.75) is 13.1 Å². The molecule has 0 bridgehead atoms. The van der Waals surface area contributed by atoms with Crippen molar-refractivity contribution in [1.29, 1.82) is 0 Å². The maximum Gasteiger partial charge on any atom is 0.317 e. The molecule has 0 saturated carbocycles. The molecule has 4 rings (SSSR count). The summed E-state index contributed by atoms with van der Waals surface area (Å²) in [7, 11) is 1.77. The van der Waals surface area contributed by atoms with Gasteiger partial charge in [-0.05, 0) is 24.3 Å². The van der Waals surface area contributed by atoms with E-state index in [1.807, 2.05) is 60.8 Å². The van der Waals surface area contributed by atoms with Crippen molar-refractivity contribution in [3.63, 3.8) is 0 Å². The third-order valence-corrected chi connectivity index (χ3v) is 5.18. The van der Waals surface area contributed by atoms with Crippen LogP contribution in [0.3, 0.4) is 0 Å². The van der Waals surface area contributed by atoms with Gasteiger partial charge in [0.2, 0.25) is 0 Å². The number of nitrogens with zero attached hydrogens (tertiary/aromatic N) is 4. The van der Waals surface area contributed by atoms with Gasteiger partial charge in [0.25, 0.3) is 0 Å². The minimum absolute atomic E-state index is 0.137. The second kappa shape index (κ2) is 7.59. The van der Waals surface area contributed by atoms with E-state index in [1.54, 1.807) is 34.2 Å². The lowest BCUT2D eigenvalue weighted by molar-refractivity contribution is 0.206. The fourth-order valence-electron chi connectivity index (χ4n) is 2.75. The van der Waals surface area contributed by atoms with E-state index in [9.17, 15) is 4.79 Å². The lowest BCUT2D eigenvalue weighted by atomic mass is 10.3. The molecule has 0 saturated heterocycles. The van der Waals surface area contributed by atoms with Crippen molar-refractivity contribution in [1.82, 2.24) is 25.0 Å². The molecule has 4 aromatic rings. The Hall–Kier alpha value is -3.19. The summed E-state index contributed by atoms with van der Waals surface area (Å²) < 4.78 is 2.93. The monoisotopic (exact) mass is 377 g/mol. The third kappa shape index (κ3) is 3.98. The Labute approximate surface area is 161 Å². The average molecular weight is 377 g/mol. The number of amides is 2. The van der Waals surface area contributed by atoms with Gasteiger partial charge in [0.15, 0.2) is 0 Å². The third-order valence-electron chi connectivity index (χ3n) is 4.16. The predicted octanol–water partition coefficient (Wildman–Crippen LogP) is 3.82. The van der Waals surface area contributed by atoms with Crippen LogP contribution < -0.4 is 5.32 Å². The number of aromatic nitrogens is 3. The van der Waals surface area contributed by atoms with Gasteiger partial charge in [0.05, 0.1) is 28.6 Å². The summed E-state index contributed by atoms with van der Waals surface area (Å²) in [6, 6.07) is 17.7. The van der Waals surface area contributed by atoms with Crippen LogP contribution in [0.15, 0.2) is 67.0 Å². The second-order valence-electron chi connectivity index (χ2n) is 6.22. The van der Waals surface area contributed by atoms with E-state index in [0.29, 0.717) is 13.1 Å². The minimum atomic E-state index is -0.137. The lowest BCUT2D eigenvalue weighted by Crippen LogP contribution is -2.36. The van der Waals surface area contributed by atoms with E-state index in [-0.39, 0.29) is 6.03 Å². The number of hydrogen-bond acceptors (Lipinski definition) is 4. The molecule has 0 aliphatic rings. The standard InChI is InChI=1S/C20H19N5OS/c1-24(14-19-23-17-9-5-6-10-18(17)27-19)20(26)21-11-15-12-22-25(13-15)16-7-3-2-4-8-16/h2-10,12-13H,11,14H2,1H3,(H,21,26). The Morgan fingerprint density at radius 2 is 1.93 bits per heavy atom. The quantitative estimate of drug-likeness (QED) is 0.575. The van der Waals surface area contributed by atoms with Gasteiger partial charge < -0.3 is 10.2 Å². The molecule has 27 heavy (non-hydrogen) atoms. The van der Waals surface area contributed by atoms with Gasteiger partial charge in [-0.2, -0.15) is 5.10 Å². The number of carbonyl (C=O) groups excluding carboxylic acids is 1. The van der Waals surface area contributed by atoms with Gasteiger partial charge in [-0.15, -0.1) is 11.3 Å².